The van der Waals surface area contributed by atoms with Crippen LogP contribution in [0.2, 0.25) is 10.0 Å². The van der Waals surface area contributed by atoms with Crippen LogP contribution < -0.4 is 4.90 Å². The van der Waals surface area contributed by atoms with Gasteiger partial charge in [0.1, 0.15) is 11.9 Å². The fraction of sp³-hybridized carbons (Fsp3) is 0.278. The summed E-state index contributed by atoms with van der Waals surface area (Å²) >= 11 is 12.6. The Morgan fingerprint density at radius 3 is 2.92 bits per heavy atom. The summed E-state index contributed by atoms with van der Waals surface area (Å²) in [6.07, 6.45) is 6.89. The van der Waals surface area contributed by atoms with Crippen molar-refractivity contribution in [2.45, 2.75) is 18.9 Å². The molecule has 6 nitrogen and oxygen atoms in total. The predicted octanol–water partition coefficient (Wildman–Crippen LogP) is 3.87. The zero-order valence-corrected chi connectivity index (χ0v) is 15.5. The first-order valence-electron chi connectivity index (χ1n) is 8.21. The van der Waals surface area contributed by atoms with Gasteiger partial charge in [0.15, 0.2) is 0 Å². The Morgan fingerprint density at radius 2 is 2.19 bits per heavy atom. The number of methoxy groups -OCH3 is 1. The molecule has 3 aromatic rings. The summed E-state index contributed by atoms with van der Waals surface area (Å²) in [4.78, 5) is 23.0. The molecule has 0 N–H and O–H groups in total. The minimum Gasteiger partial charge on any atom is -0.467 e. The van der Waals surface area contributed by atoms with Crippen LogP contribution in [-0.2, 0) is 9.53 Å². The van der Waals surface area contributed by atoms with Gasteiger partial charge in [-0.1, -0.05) is 23.2 Å². The van der Waals surface area contributed by atoms with E-state index in [1.165, 1.54) is 7.11 Å². The lowest BCUT2D eigenvalue weighted by Crippen LogP contribution is -2.37. The molecule has 4 rings (SSSR count). The van der Waals surface area contributed by atoms with Gasteiger partial charge in [0.05, 0.1) is 34.7 Å². The molecule has 3 heterocycles. The molecule has 134 valence electrons. The minimum absolute atomic E-state index is 0.259. The van der Waals surface area contributed by atoms with E-state index < -0.39 is 0 Å². The Kier molecular flexibility index (Phi) is 4.46. The van der Waals surface area contributed by atoms with Gasteiger partial charge in [0.25, 0.3) is 0 Å². The summed E-state index contributed by atoms with van der Waals surface area (Å²) in [5.74, 6) is 0.407. The van der Waals surface area contributed by atoms with Crippen molar-refractivity contribution in [3.63, 3.8) is 0 Å². The largest absolute Gasteiger partial charge is 0.467 e. The third-order valence-electron chi connectivity index (χ3n) is 4.64. The first-order valence-corrected chi connectivity index (χ1v) is 8.97. The number of esters is 1. The van der Waals surface area contributed by atoms with Gasteiger partial charge in [-0.2, -0.15) is 0 Å². The summed E-state index contributed by atoms with van der Waals surface area (Å²) in [5.41, 5.74) is 1.47. The number of hydrogen-bond acceptors (Lipinski definition) is 5. The summed E-state index contributed by atoms with van der Waals surface area (Å²) in [6.45, 7) is 0.722. The van der Waals surface area contributed by atoms with Crippen LogP contribution in [-0.4, -0.2) is 40.2 Å². The number of pyridine rings is 1. The molecule has 0 amide bonds. The maximum atomic E-state index is 12.1. The van der Waals surface area contributed by atoms with Crippen LogP contribution in [0.5, 0.6) is 0 Å². The molecule has 0 unspecified atom stereocenters. The Balaban J connectivity index is 1.93. The maximum Gasteiger partial charge on any atom is 0.328 e. The van der Waals surface area contributed by atoms with Crippen LogP contribution in [0.4, 0.5) is 5.82 Å². The van der Waals surface area contributed by atoms with Gasteiger partial charge >= 0.3 is 5.97 Å². The molecule has 8 heteroatoms. The van der Waals surface area contributed by atoms with Crippen molar-refractivity contribution < 1.29 is 9.53 Å². The lowest BCUT2D eigenvalue weighted by molar-refractivity contribution is -0.141. The summed E-state index contributed by atoms with van der Waals surface area (Å²) in [6, 6.07) is 5.23. The number of halogens is 2. The molecule has 1 fully saturated rings. The van der Waals surface area contributed by atoms with Gasteiger partial charge in [-0.05, 0) is 25.0 Å². The van der Waals surface area contributed by atoms with Crippen LogP contribution in [0.25, 0.3) is 16.6 Å². The lowest BCUT2D eigenvalue weighted by Gasteiger charge is -2.25. The van der Waals surface area contributed by atoms with E-state index in [4.69, 9.17) is 32.9 Å². The number of carbonyl (C=O) groups is 1. The fourth-order valence-electron chi connectivity index (χ4n) is 3.39. The van der Waals surface area contributed by atoms with E-state index in [0.717, 1.165) is 30.5 Å². The Hall–Kier alpha value is -2.31. The molecule has 0 aliphatic carbocycles. The van der Waals surface area contributed by atoms with E-state index >= 15 is 0 Å². The van der Waals surface area contributed by atoms with Gasteiger partial charge in [-0.3, -0.25) is 0 Å². The van der Waals surface area contributed by atoms with Crippen LogP contribution in [0, 0.1) is 0 Å². The van der Waals surface area contributed by atoms with Gasteiger partial charge < -0.3 is 14.2 Å². The average molecular weight is 391 g/mol. The lowest BCUT2D eigenvalue weighted by atomic mass is 10.1. The van der Waals surface area contributed by atoms with E-state index in [2.05, 4.69) is 4.98 Å². The number of rotatable bonds is 3. The highest BCUT2D eigenvalue weighted by Gasteiger charge is 2.33. The fourth-order valence-corrected chi connectivity index (χ4v) is 3.75. The van der Waals surface area contributed by atoms with Crippen LogP contribution >= 0.6 is 23.2 Å². The molecule has 1 aliphatic rings. The highest BCUT2D eigenvalue weighted by Crippen LogP contribution is 2.36. The quantitative estimate of drug-likeness (QED) is 0.635. The minimum atomic E-state index is -0.349. The number of hydrogen-bond donors (Lipinski definition) is 0. The number of carbonyl (C=O) groups excluding carboxylic acids is 1. The number of nitrogens with zero attached hydrogens (tertiary/aromatic N) is 4. The maximum absolute atomic E-state index is 12.1. The first kappa shape index (κ1) is 17.1. The Labute approximate surface area is 160 Å². The van der Waals surface area contributed by atoms with Crippen molar-refractivity contribution in [1.29, 1.82) is 0 Å². The van der Waals surface area contributed by atoms with Crippen LogP contribution in [0.3, 0.4) is 0 Å². The second kappa shape index (κ2) is 6.78. The van der Waals surface area contributed by atoms with Gasteiger partial charge in [-0.25, -0.2) is 14.8 Å². The number of aromatic nitrogens is 3. The van der Waals surface area contributed by atoms with E-state index in [-0.39, 0.29) is 12.0 Å². The Morgan fingerprint density at radius 1 is 1.35 bits per heavy atom. The number of fused-ring (bicyclic) bond motifs is 1. The third kappa shape index (κ3) is 2.79. The number of anilines is 1. The zero-order chi connectivity index (χ0) is 18.3. The number of imidazole rings is 1. The normalized spacial score (nSPS) is 17.0. The van der Waals surface area contributed by atoms with Crippen molar-refractivity contribution in [2.75, 3.05) is 18.6 Å². The highest BCUT2D eigenvalue weighted by molar-refractivity contribution is 6.45. The van der Waals surface area contributed by atoms with Gasteiger partial charge in [0, 0.05) is 30.4 Å². The molecule has 0 spiro atoms. The monoisotopic (exact) mass is 390 g/mol. The second-order valence-corrected chi connectivity index (χ2v) is 6.89. The van der Waals surface area contributed by atoms with Crippen LogP contribution in [0.15, 0.2) is 36.9 Å². The SMILES string of the molecule is COC(=O)[C@@H]1CCCN1c1cc(-n2ccnc2)c2ccc(Cl)c(Cl)c2n1. The van der Waals surface area contributed by atoms with Crippen molar-refractivity contribution >= 4 is 45.9 Å². The summed E-state index contributed by atoms with van der Waals surface area (Å²) in [5, 5.41) is 1.68. The van der Waals surface area contributed by atoms with Crippen LogP contribution in [0.1, 0.15) is 12.8 Å². The molecule has 2 aromatic heterocycles. The number of ether oxygens (including phenoxy) is 1. The molecule has 1 saturated heterocycles. The van der Waals surface area contributed by atoms with E-state index in [9.17, 15) is 4.79 Å². The first-order chi connectivity index (χ1) is 12.6. The molecule has 0 radical (unpaired) electrons. The van der Waals surface area contributed by atoms with Crippen molar-refractivity contribution in [3.05, 3.63) is 47.0 Å². The van der Waals surface area contributed by atoms with E-state index in [1.807, 2.05) is 27.8 Å². The standard InChI is InChI=1S/C18H16Cl2N4O2/c1-26-18(25)13-3-2-7-24(13)15-9-14(23-8-6-21-10-23)11-4-5-12(19)16(20)17(11)22-15/h4-6,8-10,13H,2-3,7H2,1H3/t13-/m0/s1. The van der Waals surface area contributed by atoms with E-state index in [0.29, 0.717) is 21.4 Å². The molecule has 0 saturated carbocycles. The van der Waals surface area contributed by atoms with Crippen molar-refractivity contribution in [2.24, 2.45) is 0 Å². The molecular weight excluding hydrogens is 375 g/mol. The Bertz CT molecular complexity index is 975. The van der Waals surface area contributed by atoms with E-state index in [1.54, 1.807) is 18.6 Å². The third-order valence-corrected chi connectivity index (χ3v) is 5.43. The molecule has 1 aliphatic heterocycles. The van der Waals surface area contributed by atoms with Crippen molar-refractivity contribution in [3.8, 4) is 5.69 Å². The number of benzene rings is 1. The summed E-state index contributed by atoms with van der Waals surface area (Å²) in [7, 11) is 1.40. The highest BCUT2D eigenvalue weighted by atomic mass is 35.5. The predicted molar refractivity (Wildman–Crippen MR) is 101 cm³/mol. The summed E-state index contributed by atoms with van der Waals surface area (Å²) < 4.78 is 6.84. The molecular formula is C18H16Cl2N4O2. The topological polar surface area (TPSA) is 60.2 Å². The van der Waals surface area contributed by atoms with Gasteiger partial charge in [0.2, 0.25) is 0 Å². The van der Waals surface area contributed by atoms with Gasteiger partial charge in [-0.15, -0.1) is 0 Å². The second-order valence-electron chi connectivity index (χ2n) is 6.10. The molecule has 1 atom stereocenters. The molecule has 1 aromatic carbocycles. The molecule has 26 heavy (non-hydrogen) atoms. The average Bonchev–Trinajstić information content (AvgIpc) is 3.35. The molecule has 0 bridgehead atoms. The zero-order valence-electron chi connectivity index (χ0n) is 14.0. The van der Waals surface area contributed by atoms with Crippen molar-refractivity contribution in [1.82, 2.24) is 14.5 Å². The smallest absolute Gasteiger partial charge is 0.328 e.